The van der Waals surface area contributed by atoms with Crippen LogP contribution in [0.25, 0.3) is 16.8 Å². The van der Waals surface area contributed by atoms with Crippen molar-refractivity contribution in [2.45, 2.75) is 38.7 Å². The Balaban J connectivity index is 1.76. The van der Waals surface area contributed by atoms with Gasteiger partial charge < -0.3 is 4.74 Å². The lowest BCUT2D eigenvalue weighted by molar-refractivity contribution is 0.0830. The van der Waals surface area contributed by atoms with Crippen LogP contribution in [0.1, 0.15) is 49.8 Å². The third-order valence-electron chi connectivity index (χ3n) is 4.02. The van der Waals surface area contributed by atoms with Crippen molar-refractivity contribution in [3.63, 3.8) is 0 Å². The molecule has 1 aliphatic rings. The molecule has 0 N–H and O–H groups in total. The van der Waals surface area contributed by atoms with Crippen molar-refractivity contribution >= 4 is 16.8 Å². The van der Waals surface area contributed by atoms with Gasteiger partial charge in [-0.1, -0.05) is 74.7 Å². The number of benzene rings is 2. The van der Waals surface area contributed by atoms with Crippen LogP contribution < -0.4 is 0 Å². The lowest BCUT2D eigenvalue weighted by atomic mass is 9.91. The summed E-state index contributed by atoms with van der Waals surface area (Å²) < 4.78 is 6.09. The van der Waals surface area contributed by atoms with Crippen LogP contribution >= 0.6 is 0 Å². The van der Waals surface area contributed by atoms with Crippen LogP contribution in [0.2, 0.25) is 0 Å². The first-order valence-corrected chi connectivity index (χ1v) is 7.71. The quantitative estimate of drug-likeness (QED) is 0.627. The molecule has 0 fully saturated rings. The highest BCUT2D eigenvalue weighted by Crippen LogP contribution is 2.35. The molecule has 0 saturated heterocycles. The molecule has 0 aliphatic heterocycles. The molecule has 1 nitrogen and oxygen atoms in total. The second kappa shape index (κ2) is 6.23. The number of hydrogen-bond donors (Lipinski definition) is 0. The van der Waals surface area contributed by atoms with Gasteiger partial charge in [0, 0.05) is 6.61 Å². The molecule has 0 bridgehead atoms. The van der Waals surface area contributed by atoms with Gasteiger partial charge in [-0.05, 0) is 28.3 Å². The van der Waals surface area contributed by atoms with E-state index in [0.29, 0.717) is 0 Å². The van der Waals surface area contributed by atoms with E-state index in [-0.39, 0.29) is 6.10 Å². The third-order valence-corrected chi connectivity index (χ3v) is 4.02. The summed E-state index contributed by atoms with van der Waals surface area (Å²) in [6, 6.07) is 13.0. The molecule has 0 amide bonds. The summed E-state index contributed by atoms with van der Waals surface area (Å²) in [7, 11) is 0. The minimum Gasteiger partial charge on any atom is -0.369 e. The molecule has 0 aromatic heterocycles. The lowest BCUT2D eigenvalue weighted by Gasteiger charge is -2.21. The van der Waals surface area contributed by atoms with Crippen LogP contribution in [0.4, 0.5) is 0 Å². The maximum atomic E-state index is 6.09. The second-order valence-corrected chi connectivity index (χ2v) is 5.50. The van der Waals surface area contributed by atoms with Gasteiger partial charge in [0.05, 0.1) is 0 Å². The van der Waals surface area contributed by atoms with Gasteiger partial charge in [-0.3, -0.25) is 0 Å². The Bertz CT molecular complexity index is 607. The van der Waals surface area contributed by atoms with E-state index in [1.807, 2.05) is 0 Å². The van der Waals surface area contributed by atoms with E-state index >= 15 is 0 Å². The molecule has 20 heavy (non-hydrogen) atoms. The summed E-state index contributed by atoms with van der Waals surface area (Å²) in [5.74, 6) is 0. The molecular weight excluding hydrogens is 244 g/mol. The SMILES string of the molecule is CCCCCCOC1C=Cc2cccc3cccc1c23. The van der Waals surface area contributed by atoms with Gasteiger partial charge >= 0.3 is 0 Å². The van der Waals surface area contributed by atoms with E-state index < -0.39 is 0 Å². The minimum absolute atomic E-state index is 0.121. The van der Waals surface area contributed by atoms with Crippen molar-refractivity contribution in [2.75, 3.05) is 6.61 Å². The van der Waals surface area contributed by atoms with Crippen molar-refractivity contribution in [2.24, 2.45) is 0 Å². The molecule has 0 saturated carbocycles. The first-order valence-electron chi connectivity index (χ1n) is 7.71. The molecule has 2 aromatic carbocycles. The highest BCUT2D eigenvalue weighted by atomic mass is 16.5. The van der Waals surface area contributed by atoms with Gasteiger partial charge in [0.2, 0.25) is 0 Å². The number of rotatable bonds is 6. The average molecular weight is 266 g/mol. The Labute approximate surface area is 121 Å². The normalized spacial score (nSPS) is 16.8. The van der Waals surface area contributed by atoms with Gasteiger partial charge in [-0.2, -0.15) is 0 Å². The highest BCUT2D eigenvalue weighted by Gasteiger charge is 2.17. The average Bonchev–Trinajstić information content (AvgIpc) is 2.49. The van der Waals surface area contributed by atoms with E-state index in [9.17, 15) is 0 Å². The van der Waals surface area contributed by atoms with Crippen LogP contribution in [-0.4, -0.2) is 6.61 Å². The fourth-order valence-electron chi connectivity index (χ4n) is 2.95. The lowest BCUT2D eigenvalue weighted by Crippen LogP contribution is -2.07. The van der Waals surface area contributed by atoms with E-state index in [1.165, 1.54) is 41.2 Å². The monoisotopic (exact) mass is 266 g/mol. The van der Waals surface area contributed by atoms with Gasteiger partial charge in [-0.25, -0.2) is 0 Å². The van der Waals surface area contributed by atoms with Crippen molar-refractivity contribution in [1.29, 1.82) is 0 Å². The molecule has 104 valence electrons. The fourth-order valence-corrected chi connectivity index (χ4v) is 2.95. The van der Waals surface area contributed by atoms with E-state index in [4.69, 9.17) is 4.74 Å². The highest BCUT2D eigenvalue weighted by molar-refractivity contribution is 5.95. The number of ether oxygens (including phenoxy) is 1. The van der Waals surface area contributed by atoms with Crippen molar-refractivity contribution in [3.05, 3.63) is 53.6 Å². The predicted octanol–water partition coefficient (Wildman–Crippen LogP) is 5.50. The maximum Gasteiger partial charge on any atom is 0.102 e. The molecule has 3 rings (SSSR count). The molecule has 1 unspecified atom stereocenters. The summed E-state index contributed by atoms with van der Waals surface area (Å²) in [5, 5.41) is 2.67. The van der Waals surface area contributed by atoms with Crippen LogP contribution in [0.5, 0.6) is 0 Å². The zero-order valence-corrected chi connectivity index (χ0v) is 12.1. The van der Waals surface area contributed by atoms with Crippen molar-refractivity contribution in [1.82, 2.24) is 0 Å². The Hall–Kier alpha value is -1.60. The third kappa shape index (κ3) is 2.64. The van der Waals surface area contributed by atoms with E-state index in [2.05, 4.69) is 55.5 Å². The summed E-state index contributed by atoms with van der Waals surface area (Å²) >= 11 is 0. The first kappa shape index (κ1) is 13.4. The molecular formula is C19H22O. The zero-order valence-electron chi connectivity index (χ0n) is 12.1. The van der Waals surface area contributed by atoms with Gasteiger partial charge in [0.25, 0.3) is 0 Å². The summed E-state index contributed by atoms with van der Waals surface area (Å²) in [6.07, 6.45) is 9.53. The Morgan fingerprint density at radius 1 is 1.00 bits per heavy atom. The molecule has 1 atom stereocenters. The summed E-state index contributed by atoms with van der Waals surface area (Å²) in [6.45, 7) is 3.09. The van der Waals surface area contributed by atoms with Crippen LogP contribution in [-0.2, 0) is 4.74 Å². The van der Waals surface area contributed by atoms with E-state index in [1.54, 1.807) is 0 Å². The molecule has 0 radical (unpaired) electrons. The zero-order chi connectivity index (χ0) is 13.8. The van der Waals surface area contributed by atoms with Crippen LogP contribution in [0.15, 0.2) is 42.5 Å². The maximum absolute atomic E-state index is 6.09. The van der Waals surface area contributed by atoms with E-state index in [0.717, 1.165) is 13.0 Å². The summed E-state index contributed by atoms with van der Waals surface area (Å²) in [5.41, 5.74) is 2.63. The predicted molar refractivity (Wildman–Crippen MR) is 85.8 cm³/mol. The van der Waals surface area contributed by atoms with Crippen LogP contribution in [0.3, 0.4) is 0 Å². The minimum atomic E-state index is 0.121. The van der Waals surface area contributed by atoms with Crippen molar-refractivity contribution in [3.8, 4) is 0 Å². The molecule has 0 heterocycles. The standard InChI is InChI=1S/C19H22O/c1-2-3-4-5-14-20-18-13-12-16-9-6-8-15-10-7-11-17(18)19(15)16/h6-13,18H,2-5,14H2,1H3. The van der Waals surface area contributed by atoms with Gasteiger partial charge in [0.1, 0.15) is 6.10 Å². The Morgan fingerprint density at radius 3 is 2.70 bits per heavy atom. The Kier molecular flexibility index (Phi) is 4.17. The summed E-state index contributed by atoms with van der Waals surface area (Å²) in [4.78, 5) is 0. The molecule has 2 aromatic rings. The molecule has 0 spiro atoms. The first-order chi connectivity index (χ1) is 9.90. The van der Waals surface area contributed by atoms with Crippen molar-refractivity contribution < 1.29 is 4.74 Å². The smallest absolute Gasteiger partial charge is 0.102 e. The second-order valence-electron chi connectivity index (χ2n) is 5.50. The number of unbranched alkanes of at least 4 members (excludes halogenated alkanes) is 3. The Morgan fingerprint density at radius 2 is 1.85 bits per heavy atom. The topological polar surface area (TPSA) is 9.23 Å². The van der Waals surface area contributed by atoms with Gasteiger partial charge in [0.15, 0.2) is 0 Å². The molecule has 1 aliphatic carbocycles. The van der Waals surface area contributed by atoms with Crippen LogP contribution in [0, 0.1) is 0 Å². The largest absolute Gasteiger partial charge is 0.369 e. The van der Waals surface area contributed by atoms with Gasteiger partial charge in [-0.15, -0.1) is 0 Å². The fraction of sp³-hybridized carbons (Fsp3) is 0.368. The molecule has 1 heteroatoms. The number of hydrogen-bond acceptors (Lipinski definition) is 1.